The molecule has 0 aliphatic rings. The lowest BCUT2D eigenvalue weighted by atomic mass is 10.1. The molecule has 0 spiro atoms. The van der Waals surface area contributed by atoms with E-state index in [4.69, 9.17) is 4.74 Å². The van der Waals surface area contributed by atoms with E-state index < -0.39 is 26.7 Å². The van der Waals surface area contributed by atoms with Gasteiger partial charge in [-0.15, -0.1) is 16.9 Å². The number of rotatable bonds is 11. The third-order valence-corrected chi connectivity index (χ3v) is 8.40. The number of aromatic nitrogens is 3. The summed E-state index contributed by atoms with van der Waals surface area (Å²) < 4.78 is 30.5. The number of ether oxygens (including phenoxy) is 1. The fourth-order valence-electron chi connectivity index (χ4n) is 3.24. The summed E-state index contributed by atoms with van der Waals surface area (Å²) in [6, 6.07) is 13.5. The Bertz CT molecular complexity index is 1280. The second-order valence-corrected chi connectivity index (χ2v) is 11.7. The predicted molar refractivity (Wildman–Crippen MR) is 132 cm³/mol. The highest BCUT2D eigenvalue weighted by Crippen LogP contribution is 2.27. The molecule has 0 aliphatic heterocycles. The minimum atomic E-state index is -3.73. The van der Waals surface area contributed by atoms with Crippen molar-refractivity contribution in [3.05, 3.63) is 66.0 Å². The van der Waals surface area contributed by atoms with E-state index in [1.54, 1.807) is 23.9 Å². The minimum absolute atomic E-state index is 0.0212. The lowest BCUT2D eigenvalue weighted by Gasteiger charge is -2.30. The lowest BCUT2D eigenvalue weighted by Crippen LogP contribution is -2.47. The molecule has 1 amide bonds. The minimum Gasteiger partial charge on any atom is -0.507 e. The number of aliphatic hydroxyl groups excluding tert-OH is 1. The zero-order valence-electron chi connectivity index (χ0n) is 19.6. The van der Waals surface area contributed by atoms with Crippen molar-refractivity contribution in [2.45, 2.75) is 35.8 Å². The molecule has 10 nitrogen and oxygen atoms in total. The van der Waals surface area contributed by atoms with Gasteiger partial charge in [0, 0.05) is 24.1 Å². The molecule has 2 aromatic carbocycles. The smallest absolute Gasteiger partial charge is 0.255 e. The lowest BCUT2D eigenvalue weighted by molar-refractivity contribution is 0.0671. The topological polar surface area (TPSA) is 144 Å². The summed E-state index contributed by atoms with van der Waals surface area (Å²) in [5.41, 5.74) is 0.473. The highest BCUT2D eigenvalue weighted by molar-refractivity contribution is 7.98. The van der Waals surface area contributed by atoms with Gasteiger partial charge in [-0.1, -0.05) is 23.4 Å². The van der Waals surface area contributed by atoms with Gasteiger partial charge in [-0.05, 0) is 43.5 Å². The third-order valence-electron chi connectivity index (χ3n) is 5.57. The van der Waals surface area contributed by atoms with E-state index in [2.05, 4.69) is 15.6 Å². The van der Waals surface area contributed by atoms with E-state index in [1.165, 1.54) is 25.3 Å². The van der Waals surface area contributed by atoms with Crippen LogP contribution in [0.5, 0.6) is 11.5 Å². The Hall–Kier alpha value is -3.09. The van der Waals surface area contributed by atoms with Crippen LogP contribution in [-0.4, -0.2) is 63.3 Å². The molecular formula is C23H28N4O6S2. The van der Waals surface area contributed by atoms with Gasteiger partial charge >= 0.3 is 0 Å². The van der Waals surface area contributed by atoms with E-state index in [-0.39, 0.29) is 30.9 Å². The number of benzene rings is 2. The molecule has 35 heavy (non-hydrogen) atoms. The fraction of sp³-hybridized carbons (Fsp3) is 0.348. The highest BCUT2D eigenvalue weighted by Gasteiger charge is 2.39. The predicted octanol–water partition coefficient (Wildman–Crippen LogP) is 2.40. The van der Waals surface area contributed by atoms with Crippen LogP contribution in [0.3, 0.4) is 0 Å². The van der Waals surface area contributed by atoms with Gasteiger partial charge in [0.05, 0.1) is 16.5 Å². The molecule has 0 aliphatic carbocycles. The first-order valence-corrected chi connectivity index (χ1v) is 13.8. The van der Waals surface area contributed by atoms with E-state index in [1.807, 2.05) is 30.5 Å². The molecular weight excluding hydrogens is 492 g/mol. The molecule has 3 aromatic rings. The normalized spacial score (nSPS) is 14.2. The number of carbonyl (C=O) groups is 1. The average Bonchev–Trinajstić information content (AvgIpc) is 3.30. The summed E-state index contributed by atoms with van der Waals surface area (Å²) in [6.07, 6.45) is 2.90. The van der Waals surface area contributed by atoms with Crippen LogP contribution in [0.2, 0.25) is 0 Å². The van der Waals surface area contributed by atoms with Gasteiger partial charge in [0.1, 0.15) is 30.0 Å². The fourth-order valence-corrected chi connectivity index (χ4v) is 4.47. The molecule has 0 bridgehead atoms. The first-order chi connectivity index (χ1) is 16.5. The van der Waals surface area contributed by atoms with E-state index >= 15 is 0 Å². The number of aliphatic hydroxyl groups is 1. The number of nitrogens with zero attached hydrogens (tertiary/aromatic N) is 3. The molecule has 0 saturated carbocycles. The SMILES string of the molecule is CSc1cccc(OCc2cn(C(O)CC(C)(CNC(=O)c3ccccc3O)S(C)(=O)=O)nn2)c1. The maximum atomic E-state index is 12.6. The molecule has 0 fully saturated rings. The number of phenols is 1. The van der Waals surface area contributed by atoms with Crippen molar-refractivity contribution in [1.82, 2.24) is 20.3 Å². The summed E-state index contributed by atoms with van der Waals surface area (Å²) >= 11 is 1.59. The van der Waals surface area contributed by atoms with Gasteiger partial charge in [-0.2, -0.15) is 0 Å². The number of aromatic hydroxyl groups is 1. The van der Waals surface area contributed by atoms with Crippen molar-refractivity contribution in [2.75, 3.05) is 19.1 Å². The molecule has 2 unspecified atom stereocenters. The van der Waals surface area contributed by atoms with Crippen molar-refractivity contribution >= 4 is 27.5 Å². The number of hydrogen-bond acceptors (Lipinski definition) is 9. The largest absolute Gasteiger partial charge is 0.507 e. The monoisotopic (exact) mass is 520 g/mol. The Morgan fingerprint density at radius 2 is 2.00 bits per heavy atom. The molecule has 0 saturated heterocycles. The number of nitrogens with one attached hydrogen (secondary N) is 1. The summed E-state index contributed by atoms with van der Waals surface area (Å²) in [7, 11) is -3.73. The van der Waals surface area contributed by atoms with Crippen LogP contribution in [-0.2, 0) is 16.4 Å². The Kier molecular flexibility index (Phi) is 8.41. The van der Waals surface area contributed by atoms with Gasteiger partial charge in [-0.3, -0.25) is 4.79 Å². The van der Waals surface area contributed by atoms with Crippen molar-refractivity contribution in [3.63, 3.8) is 0 Å². The van der Waals surface area contributed by atoms with Crippen molar-refractivity contribution < 1.29 is 28.2 Å². The maximum Gasteiger partial charge on any atom is 0.255 e. The number of thioether (sulfide) groups is 1. The van der Waals surface area contributed by atoms with E-state index in [0.29, 0.717) is 11.4 Å². The van der Waals surface area contributed by atoms with Gasteiger partial charge in [0.15, 0.2) is 9.84 Å². The number of carbonyl (C=O) groups excluding carboxylic acids is 1. The molecule has 3 rings (SSSR count). The van der Waals surface area contributed by atoms with Gasteiger partial charge in [-0.25, -0.2) is 13.1 Å². The Balaban J connectivity index is 1.66. The highest BCUT2D eigenvalue weighted by atomic mass is 32.2. The third kappa shape index (κ3) is 6.74. The first kappa shape index (κ1) is 26.5. The van der Waals surface area contributed by atoms with Gasteiger partial charge < -0.3 is 20.3 Å². The van der Waals surface area contributed by atoms with Crippen LogP contribution in [0.4, 0.5) is 0 Å². The molecule has 1 heterocycles. The van der Waals surface area contributed by atoms with Crippen LogP contribution in [0.15, 0.2) is 59.6 Å². The van der Waals surface area contributed by atoms with Gasteiger partial charge in [0.2, 0.25) is 0 Å². The summed E-state index contributed by atoms with van der Waals surface area (Å²) in [5, 5.41) is 31.0. The molecule has 1 aromatic heterocycles. The number of para-hydroxylation sites is 1. The Morgan fingerprint density at radius 3 is 2.69 bits per heavy atom. The van der Waals surface area contributed by atoms with Crippen molar-refractivity contribution in [3.8, 4) is 11.5 Å². The number of amides is 1. The Morgan fingerprint density at radius 1 is 1.26 bits per heavy atom. The van der Waals surface area contributed by atoms with Crippen LogP contribution < -0.4 is 10.1 Å². The van der Waals surface area contributed by atoms with E-state index in [0.717, 1.165) is 15.8 Å². The first-order valence-electron chi connectivity index (χ1n) is 10.6. The second-order valence-electron chi connectivity index (χ2n) is 8.26. The summed E-state index contributed by atoms with van der Waals surface area (Å²) in [6.45, 7) is 1.26. The van der Waals surface area contributed by atoms with Gasteiger partial charge in [0.25, 0.3) is 5.91 Å². The molecule has 0 radical (unpaired) electrons. The molecule has 3 N–H and O–H groups in total. The number of phenolic OH excluding ortho intramolecular Hbond substituents is 1. The number of sulfone groups is 1. The summed E-state index contributed by atoms with van der Waals surface area (Å²) in [4.78, 5) is 13.5. The second kappa shape index (κ2) is 11.1. The van der Waals surface area contributed by atoms with E-state index in [9.17, 15) is 23.4 Å². The molecule has 2 atom stereocenters. The Labute approximate surface area is 208 Å². The number of hydrogen-bond donors (Lipinski definition) is 3. The zero-order chi connectivity index (χ0) is 25.6. The standard InChI is InChI=1S/C23H28N4O6S2/c1-23(35(3,31)32,15-24-22(30)19-9-4-5-10-20(19)28)12-21(29)27-13-16(25-26-27)14-33-17-7-6-8-18(11-17)34-2/h4-11,13,21,28-29H,12,14-15H2,1-3H3,(H,24,30). The van der Waals surface area contributed by atoms with Crippen molar-refractivity contribution in [1.29, 1.82) is 0 Å². The van der Waals surface area contributed by atoms with Crippen LogP contribution >= 0.6 is 11.8 Å². The zero-order valence-corrected chi connectivity index (χ0v) is 21.2. The van der Waals surface area contributed by atoms with Crippen LogP contribution in [0.25, 0.3) is 0 Å². The van der Waals surface area contributed by atoms with Crippen LogP contribution in [0.1, 0.15) is 35.6 Å². The quantitative estimate of drug-likeness (QED) is 0.325. The molecule has 188 valence electrons. The van der Waals surface area contributed by atoms with Crippen LogP contribution in [0, 0.1) is 0 Å². The summed E-state index contributed by atoms with van der Waals surface area (Å²) in [5.74, 6) is -0.182. The average molecular weight is 521 g/mol. The maximum absolute atomic E-state index is 12.6. The molecule has 12 heteroatoms. The van der Waals surface area contributed by atoms with Crippen molar-refractivity contribution in [2.24, 2.45) is 0 Å².